The number of hydrogen-bond acceptors (Lipinski definition) is 5. The highest BCUT2D eigenvalue weighted by molar-refractivity contribution is 7.12. The average molecular weight is 316 g/mol. The Bertz CT molecular complexity index is 676. The molecular formula is C16H16N2O3S. The zero-order chi connectivity index (χ0) is 15.9. The van der Waals surface area contributed by atoms with E-state index < -0.39 is 0 Å². The van der Waals surface area contributed by atoms with Crippen molar-refractivity contribution in [2.45, 2.75) is 13.8 Å². The van der Waals surface area contributed by atoms with Crippen LogP contribution in [0.25, 0.3) is 0 Å². The molecule has 0 bridgehead atoms. The number of thiophene rings is 1. The molecule has 6 heteroatoms. The standard InChI is InChI=1S/C16H16N2O3S/c1-11(15-4-3-9-22-15)18-21-10-16(20)17-14-7-5-13(6-8-14)12(2)19/h3-9H,10H2,1-2H3,(H,17,20). The molecule has 0 aliphatic rings. The summed E-state index contributed by atoms with van der Waals surface area (Å²) in [6, 6.07) is 10.5. The summed E-state index contributed by atoms with van der Waals surface area (Å²) in [5.41, 5.74) is 1.94. The molecule has 2 aromatic rings. The number of anilines is 1. The Balaban J connectivity index is 1.83. The number of amides is 1. The minimum atomic E-state index is -0.307. The Morgan fingerprint density at radius 3 is 2.50 bits per heavy atom. The first-order valence-electron chi connectivity index (χ1n) is 6.67. The van der Waals surface area contributed by atoms with Crippen molar-refractivity contribution in [1.29, 1.82) is 0 Å². The number of Topliss-reactive ketones (excluding diaryl/α,β-unsaturated/α-hetero) is 1. The van der Waals surface area contributed by atoms with E-state index in [9.17, 15) is 9.59 Å². The van der Waals surface area contributed by atoms with Gasteiger partial charge in [-0.25, -0.2) is 0 Å². The summed E-state index contributed by atoms with van der Waals surface area (Å²) >= 11 is 1.56. The Morgan fingerprint density at radius 2 is 1.91 bits per heavy atom. The Morgan fingerprint density at radius 1 is 1.18 bits per heavy atom. The number of carbonyl (C=O) groups is 2. The first-order valence-corrected chi connectivity index (χ1v) is 7.55. The zero-order valence-electron chi connectivity index (χ0n) is 12.3. The molecule has 0 aliphatic carbocycles. The van der Waals surface area contributed by atoms with Gasteiger partial charge in [-0.1, -0.05) is 11.2 Å². The van der Waals surface area contributed by atoms with Crippen LogP contribution in [0, 0.1) is 0 Å². The second-order valence-corrected chi connectivity index (χ2v) is 5.56. The molecule has 0 radical (unpaired) electrons. The lowest BCUT2D eigenvalue weighted by Gasteiger charge is -2.05. The van der Waals surface area contributed by atoms with Crippen molar-refractivity contribution in [1.82, 2.24) is 0 Å². The largest absolute Gasteiger partial charge is 0.385 e. The topological polar surface area (TPSA) is 67.8 Å². The molecule has 0 fully saturated rings. The molecule has 22 heavy (non-hydrogen) atoms. The molecule has 114 valence electrons. The van der Waals surface area contributed by atoms with E-state index in [1.807, 2.05) is 24.4 Å². The molecule has 0 saturated heterocycles. The predicted molar refractivity (Wildman–Crippen MR) is 87.6 cm³/mol. The van der Waals surface area contributed by atoms with Crippen LogP contribution in [0.1, 0.15) is 29.1 Å². The molecule has 5 nitrogen and oxygen atoms in total. The van der Waals surface area contributed by atoms with Crippen LogP contribution in [0.4, 0.5) is 5.69 Å². The van der Waals surface area contributed by atoms with E-state index >= 15 is 0 Å². The fraction of sp³-hybridized carbons (Fsp3) is 0.188. The smallest absolute Gasteiger partial charge is 0.265 e. The predicted octanol–water partition coefficient (Wildman–Crippen LogP) is 3.33. The molecule has 0 atom stereocenters. The molecule has 1 amide bonds. The Labute approximate surface area is 132 Å². The monoisotopic (exact) mass is 316 g/mol. The highest BCUT2D eigenvalue weighted by Crippen LogP contribution is 2.11. The fourth-order valence-electron chi connectivity index (χ4n) is 1.70. The minimum absolute atomic E-state index is 0.0143. The van der Waals surface area contributed by atoms with Crippen LogP contribution < -0.4 is 5.32 Å². The molecule has 1 N–H and O–H groups in total. The SMILES string of the molecule is CC(=O)c1ccc(NC(=O)CON=C(C)c2cccs2)cc1. The van der Waals surface area contributed by atoms with E-state index in [2.05, 4.69) is 10.5 Å². The van der Waals surface area contributed by atoms with Gasteiger partial charge in [-0.15, -0.1) is 11.3 Å². The lowest BCUT2D eigenvalue weighted by Crippen LogP contribution is -2.17. The number of nitrogens with zero attached hydrogens (tertiary/aromatic N) is 1. The van der Waals surface area contributed by atoms with E-state index in [0.29, 0.717) is 11.3 Å². The number of oxime groups is 1. The first-order chi connectivity index (χ1) is 10.6. The summed E-state index contributed by atoms with van der Waals surface area (Å²) < 4.78 is 0. The lowest BCUT2D eigenvalue weighted by atomic mass is 10.1. The molecule has 1 heterocycles. The molecule has 2 rings (SSSR count). The van der Waals surface area contributed by atoms with Crippen molar-refractivity contribution >= 4 is 34.4 Å². The molecular weight excluding hydrogens is 300 g/mol. The van der Waals surface area contributed by atoms with Crippen molar-refractivity contribution in [3.05, 3.63) is 52.2 Å². The first kappa shape index (κ1) is 15.9. The van der Waals surface area contributed by atoms with Crippen LogP contribution >= 0.6 is 11.3 Å². The number of ketones is 1. The summed E-state index contributed by atoms with van der Waals surface area (Å²) in [5.74, 6) is -0.321. The van der Waals surface area contributed by atoms with E-state index in [0.717, 1.165) is 10.6 Å². The Kier molecular flexibility index (Phi) is 5.43. The normalized spacial score (nSPS) is 11.1. The van der Waals surface area contributed by atoms with Gasteiger partial charge >= 0.3 is 0 Å². The van der Waals surface area contributed by atoms with E-state index in [1.54, 1.807) is 35.6 Å². The van der Waals surface area contributed by atoms with Crippen molar-refractivity contribution in [2.24, 2.45) is 5.16 Å². The van der Waals surface area contributed by atoms with Crippen LogP contribution in [-0.2, 0) is 9.63 Å². The van der Waals surface area contributed by atoms with Gasteiger partial charge in [0.15, 0.2) is 12.4 Å². The van der Waals surface area contributed by atoms with Crippen molar-refractivity contribution in [3.8, 4) is 0 Å². The number of rotatable bonds is 6. The number of nitrogens with one attached hydrogen (secondary N) is 1. The van der Waals surface area contributed by atoms with Crippen molar-refractivity contribution in [2.75, 3.05) is 11.9 Å². The average Bonchev–Trinajstić information content (AvgIpc) is 3.02. The maximum Gasteiger partial charge on any atom is 0.265 e. The van der Waals surface area contributed by atoms with Gasteiger partial charge in [-0.05, 0) is 49.6 Å². The molecule has 0 saturated carbocycles. The maximum absolute atomic E-state index is 11.7. The van der Waals surface area contributed by atoms with Gasteiger partial charge in [0.2, 0.25) is 0 Å². The van der Waals surface area contributed by atoms with E-state index in [-0.39, 0.29) is 18.3 Å². The van der Waals surface area contributed by atoms with E-state index in [1.165, 1.54) is 6.92 Å². The molecule has 0 aliphatic heterocycles. The van der Waals surface area contributed by atoms with Crippen LogP contribution in [-0.4, -0.2) is 24.0 Å². The summed E-state index contributed by atoms with van der Waals surface area (Å²) in [6.45, 7) is 3.15. The van der Waals surface area contributed by atoms with Crippen LogP contribution in [0.5, 0.6) is 0 Å². The number of hydrogen-bond donors (Lipinski definition) is 1. The van der Waals surface area contributed by atoms with Gasteiger partial charge in [-0.2, -0.15) is 0 Å². The molecule has 1 aromatic carbocycles. The van der Waals surface area contributed by atoms with Crippen molar-refractivity contribution < 1.29 is 14.4 Å². The van der Waals surface area contributed by atoms with Gasteiger partial charge in [-0.3, -0.25) is 9.59 Å². The third-order valence-corrected chi connectivity index (χ3v) is 3.83. The van der Waals surface area contributed by atoms with Gasteiger partial charge in [0.25, 0.3) is 5.91 Å². The van der Waals surface area contributed by atoms with Gasteiger partial charge in [0.05, 0.1) is 10.6 Å². The highest BCUT2D eigenvalue weighted by Gasteiger charge is 2.05. The molecule has 0 spiro atoms. The zero-order valence-corrected chi connectivity index (χ0v) is 13.1. The maximum atomic E-state index is 11.7. The minimum Gasteiger partial charge on any atom is -0.385 e. The van der Waals surface area contributed by atoms with Gasteiger partial charge < -0.3 is 10.2 Å². The van der Waals surface area contributed by atoms with Crippen LogP contribution in [0.3, 0.4) is 0 Å². The quantitative estimate of drug-likeness (QED) is 0.505. The van der Waals surface area contributed by atoms with Crippen LogP contribution in [0.15, 0.2) is 46.9 Å². The third kappa shape index (κ3) is 4.53. The second kappa shape index (κ2) is 7.51. The fourth-order valence-corrected chi connectivity index (χ4v) is 2.37. The number of carbonyl (C=O) groups excluding carboxylic acids is 2. The van der Waals surface area contributed by atoms with Gasteiger partial charge in [0, 0.05) is 11.3 Å². The summed E-state index contributed by atoms with van der Waals surface area (Å²) in [4.78, 5) is 28.9. The summed E-state index contributed by atoms with van der Waals surface area (Å²) in [7, 11) is 0. The molecule has 1 aromatic heterocycles. The van der Waals surface area contributed by atoms with Gasteiger partial charge in [0.1, 0.15) is 0 Å². The van der Waals surface area contributed by atoms with Crippen LogP contribution in [0.2, 0.25) is 0 Å². The van der Waals surface area contributed by atoms with Crippen molar-refractivity contribution in [3.63, 3.8) is 0 Å². The van der Waals surface area contributed by atoms with E-state index in [4.69, 9.17) is 4.84 Å². The highest BCUT2D eigenvalue weighted by atomic mass is 32.1. The number of benzene rings is 1. The molecule has 0 unspecified atom stereocenters. The lowest BCUT2D eigenvalue weighted by molar-refractivity contribution is -0.120. The second-order valence-electron chi connectivity index (χ2n) is 4.61. The third-order valence-electron chi connectivity index (χ3n) is 2.85. The summed E-state index contributed by atoms with van der Waals surface area (Å²) in [5, 5.41) is 8.53. The Hall–Kier alpha value is -2.47. The summed E-state index contributed by atoms with van der Waals surface area (Å²) in [6.07, 6.45) is 0.